The van der Waals surface area contributed by atoms with E-state index in [1.54, 1.807) is 0 Å². The van der Waals surface area contributed by atoms with Gasteiger partial charge < -0.3 is 9.47 Å². The highest BCUT2D eigenvalue weighted by Gasteiger charge is 2.05. The van der Waals surface area contributed by atoms with Gasteiger partial charge in [0.1, 0.15) is 12.4 Å². The Morgan fingerprint density at radius 2 is 2.00 bits per heavy atom. The van der Waals surface area contributed by atoms with Gasteiger partial charge in [-0.05, 0) is 18.9 Å². The summed E-state index contributed by atoms with van der Waals surface area (Å²) in [6, 6.07) is 6.01. The molecule has 0 saturated heterocycles. The van der Waals surface area contributed by atoms with Gasteiger partial charge in [-0.2, -0.15) is 0 Å². The standard InChI is InChI=1S/C13H19ClO2/c1-3-7-15-8-9-16-13-11(2)5-4-6-12(13)10-14/h4-6H,3,7-10H2,1-2H3. The molecular weight excluding hydrogens is 224 g/mol. The molecule has 2 nitrogen and oxygen atoms in total. The van der Waals surface area contributed by atoms with Crippen LogP contribution in [0.4, 0.5) is 0 Å². The zero-order valence-electron chi connectivity index (χ0n) is 9.96. The van der Waals surface area contributed by atoms with E-state index in [2.05, 4.69) is 6.92 Å². The molecule has 0 aliphatic carbocycles. The third kappa shape index (κ3) is 4.03. The first kappa shape index (κ1) is 13.3. The van der Waals surface area contributed by atoms with Crippen LogP contribution in [0.15, 0.2) is 18.2 Å². The third-order valence-electron chi connectivity index (χ3n) is 2.26. The molecule has 0 fully saturated rings. The van der Waals surface area contributed by atoms with Crippen molar-refractivity contribution < 1.29 is 9.47 Å². The first-order valence-electron chi connectivity index (χ1n) is 5.64. The fourth-order valence-corrected chi connectivity index (χ4v) is 1.68. The van der Waals surface area contributed by atoms with Crippen LogP contribution in [0, 0.1) is 6.92 Å². The van der Waals surface area contributed by atoms with Crippen molar-refractivity contribution >= 4 is 11.6 Å². The average molecular weight is 243 g/mol. The van der Waals surface area contributed by atoms with E-state index in [9.17, 15) is 0 Å². The molecule has 1 aromatic rings. The minimum absolute atomic E-state index is 0.479. The molecule has 0 aliphatic rings. The number of hydrogen-bond donors (Lipinski definition) is 0. The molecule has 0 atom stereocenters. The summed E-state index contributed by atoms with van der Waals surface area (Å²) in [4.78, 5) is 0. The highest BCUT2D eigenvalue weighted by Crippen LogP contribution is 2.24. The molecule has 0 radical (unpaired) electrons. The first-order valence-corrected chi connectivity index (χ1v) is 6.18. The molecular formula is C13H19ClO2. The van der Waals surface area contributed by atoms with Gasteiger partial charge in [0.2, 0.25) is 0 Å². The smallest absolute Gasteiger partial charge is 0.126 e. The molecule has 1 aromatic carbocycles. The van der Waals surface area contributed by atoms with Gasteiger partial charge in [-0.3, -0.25) is 0 Å². The van der Waals surface area contributed by atoms with Crippen LogP contribution in [0.2, 0.25) is 0 Å². The number of para-hydroxylation sites is 1. The molecule has 16 heavy (non-hydrogen) atoms. The molecule has 0 aromatic heterocycles. The van der Waals surface area contributed by atoms with E-state index in [4.69, 9.17) is 21.1 Å². The Labute approximate surface area is 103 Å². The average Bonchev–Trinajstić information content (AvgIpc) is 2.30. The first-order chi connectivity index (χ1) is 7.79. The van der Waals surface area contributed by atoms with Crippen molar-refractivity contribution in [3.8, 4) is 5.75 Å². The van der Waals surface area contributed by atoms with E-state index >= 15 is 0 Å². The summed E-state index contributed by atoms with van der Waals surface area (Å²) in [5.41, 5.74) is 2.16. The Bertz CT molecular complexity index is 313. The molecule has 0 N–H and O–H groups in total. The Morgan fingerprint density at radius 1 is 1.19 bits per heavy atom. The van der Waals surface area contributed by atoms with Gasteiger partial charge in [-0.25, -0.2) is 0 Å². The van der Waals surface area contributed by atoms with Gasteiger partial charge in [0, 0.05) is 12.2 Å². The van der Waals surface area contributed by atoms with Crippen LogP contribution < -0.4 is 4.74 Å². The van der Waals surface area contributed by atoms with Crippen molar-refractivity contribution in [3.05, 3.63) is 29.3 Å². The molecule has 90 valence electrons. The number of rotatable bonds is 7. The van der Waals surface area contributed by atoms with E-state index in [1.165, 1.54) is 0 Å². The monoisotopic (exact) mass is 242 g/mol. The topological polar surface area (TPSA) is 18.5 Å². The Hall–Kier alpha value is -0.730. The summed E-state index contributed by atoms with van der Waals surface area (Å²) in [5, 5.41) is 0. The van der Waals surface area contributed by atoms with Gasteiger partial charge in [-0.1, -0.05) is 25.1 Å². The molecule has 1 rings (SSSR count). The van der Waals surface area contributed by atoms with Crippen LogP contribution >= 0.6 is 11.6 Å². The fourth-order valence-electron chi connectivity index (χ4n) is 1.47. The SMILES string of the molecule is CCCOCCOc1c(C)cccc1CCl. The summed E-state index contributed by atoms with van der Waals surface area (Å²) in [7, 11) is 0. The zero-order chi connectivity index (χ0) is 11.8. The Morgan fingerprint density at radius 3 is 2.69 bits per heavy atom. The summed E-state index contributed by atoms with van der Waals surface area (Å²) >= 11 is 5.86. The maximum atomic E-state index is 5.86. The van der Waals surface area contributed by atoms with E-state index in [0.29, 0.717) is 19.1 Å². The van der Waals surface area contributed by atoms with E-state index in [-0.39, 0.29) is 0 Å². The lowest BCUT2D eigenvalue weighted by Gasteiger charge is -2.12. The number of halogens is 1. The lowest BCUT2D eigenvalue weighted by atomic mass is 10.1. The largest absolute Gasteiger partial charge is 0.491 e. The molecule has 3 heteroatoms. The fraction of sp³-hybridized carbons (Fsp3) is 0.538. The molecule has 0 spiro atoms. The van der Waals surface area contributed by atoms with Crippen molar-refractivity contribution in [2.45, 2.75) is 26.1 Å². The third-order valence-corrected chi connectivity index (χ3v) is 2.55. The molecule has 0 amide bonds. The summed E-state index contributed by atoms with van der Waals surface area (Å²) < 4.78 is 11.1. The van der Waals surface area contributed by atoms with Crippen LogP contribution in [0.1, 0.15) is 24.5 Å². The molecule has 0 aliphatic heterocycles. The lowest BCUT2D eigenvalue weighted by molar-refractivity contribution is 0.100. The van der Waals surface area contributed by atoms with Gasteiger partial charge in [-0.15, -0.1) is 11.6 Å². The summed E-state index contributed by atoms with van der Waals surface area (Å²) in [5.74, 6) is 1.38. The minimum atomic E-state index is 0.479. The van der Waals surface area contributed by atoms with E-state index < -0.39 is 0 Å². The number of ether oxygens (including phenoxy) is 2. The van der Waals surface area contributed by atoms with E-state index in [1.807, 2.05) is 25.1 Å². The van der Waals surface area contributed by atoms with Crippen molar-refractivity contribution in [1.29, 1.82) is 0 Å². The zero-order valence-corrected chi connectivity index (χ0v) is 10.7. The molecule has 0 bridgehead atoms. The number of aryl methyl sites for hydroxylation is 1. The van der Waals surface area contributed by atoms with Gasteiger partial charge in [0.25, 0.3) is 0 Å². The summed E-state index contributed by atoms with van der Waals surface area (Å²) in [6.45, 7) is 6.12. The van der Waals surface area contributed by atoms with Crippen molar-refractivity contribution in [1.82, 2.24) is 0 Å². The number of hydrogen-bond acceptors (Lipinski definition) is 2. The van der Waals surface area contributed by atoms with Crippen LogP contribution in [-0.4, -0.2) is 19.8 Å². The van der Waals surface area contributed by atoms with Crippen molar-refractivity contribution in [2.24, 2.45) is 0 Å². The quantitative estimate of drug-likeness (QED) is 0.538. The highest BCUT2D eigenvalue weighted by molar-refractivity contribution is 6.17. The Balaban J connectivity index is 2.46. The van der Waals surface area contributed by atoms with Crippen LogP contribution in [0.3, 0.4) is 0 Å². The number of alkyl halides is 1. The molecule has 0 saturated carbocycles. The second-order valence-corrected chi connectivity index (χ2v) is 3.92. The lowest BCUT2D eigenvalue weighted by Crippen LogP contribution is -2.08. The summed E-state index contributed by atoms with van der Waals surface area (Å²) in [6.07, 6.45) is 1.04. The van der Waals surface area contributed by atoms with Gasteiger partial charge >= 0.3 is 0 Å². The van der Waals surface area contributed by atoms with Crippen molar-refractivity contribution in [3.63, 3.8) is 0 Å². The second-order valence-electron chi connectivity index (χ2n) is 3.66. The predicted octanol–water partition coefficient (Wildman–Crippen LogP) is 3.54. The van der Waals surface area contributed by atoms with Gasteiger partial charge in [0.15, 0.2) is 0 Å². The molecule has 0 unspecified atom stereocenters. The second kappa shape index (κ2) is 7.53. The highest BCUT2D eigenvalue weighted by atomic mass is 35.5. The van der Waals surface area contributed by atoms with Crippen LogP contribution in [-0.2, 0) is 10.6 Å². The predicted molar refractivity (Wildman–Crippen MR) is 67.3 cm³/mol. The minimum Gasteiger partial charge on any atom is -0.491 e. The van der Waals surface area contributed by atoms with Crippen molar-refractivity contribution in [2.75, 3.05) is 19.8 Å². The Kier molecular flexibility index (Phi) is 6.27. The van der Waals surface area contributed by atoms with Crippen LogP contribution in [0.25, 0.3) is 0 Å². The molecule has 0 heterocycles. The number of benzene rings is 1. The maximum Gasteiger partial charge on any atom is 0.126 e. The normalized spacial score (nSPS) is 10.4. The van der Waals surface area contributed by atoms with Gasteiger partial charge in [0.05, 0.1) is 12.5 Å². The van der Waals surface area contributed by atoms with E-state index in [0.717, 1.165) is 29.9 Å². The maximum absolute atomic E-state index is 5.86. The van der Waals surface area contributed by atoms with Crippen LogP contribution in [0.5, 0.6) is 5.75 Å².